The van der Waals surface area contributed by atoms with E-state index in [9.17, 15) is 5.11 Å². The maximum absolute atomic E-state index is 11.3. The van der Waals surface area contributed by atoms with Crippen molar-refractivity contribution in [2.45, 2.75) is 109 Å². The Hall–Kier alpha value is 0.400. The molecule has 1 spiro atoms. The van der Waals surface area contributed by atoms with Gasteiger partial charge in [0.05, 0.1) is 6.10 Å². The van der Waals surface area contributed by atoms with Crippen LogP contribution in [0.1, 0.15) is 98.8 Å². The molecule has 1 heterocycles. The number of rotatable bonds is 5. The Bertz CT molecular complexity index is 725. The first kappa shape index (κ1) is 24.1. The normalized spacial score (nSPS) is 46.0. The highest BCUT2D eigenvalue weighted by molar-refractivity contribution is 8.21. The summed E-state index contributed by atoms with van der Waals surface area (Å²) in [7, 11) is 0. The number of hydrogen-bond acceptors (Lipinski definition) is 3. The standard InChI is InChI=1S/C29H48OS2/c1-19(2)7-6-8-20(3)23-11-12-24-22-10-9-21-17-29(31-15-16-32-29)26(30)18-28(21,5)25(22)13-14-27(23,24)4/h17,19-20,22-26,30H,6-16,18H2,1-5H3/t20-,22+,23-,24+,25+,26-,27-,28+/m1/s1. The van der Waals surface area contributed by atoms with E-state index in [1.165, 1.54) is 69.3 Å². The fourth-order valence-electron chi connectivity index (χ4n) is 9.47. The molecule has 0 unspecified atom stereocenters. The lowest BCUT2D eigenvalue weighted by Gasteiger charge is -2.60. The van der Waals surface area contributed by atoms with Crippen LogP contribution in [0.3, 0.4) is 0 Å². The number of thioether (sulfide) groups is 2. The second-order valence-electron chi connectivity index (χ2n) is 13.2. The van der Waals surface area contributed by atoms with E-state index >= 15 is 0 Å². The molecule has 4 aliphatic carbocycles. The molecule has 1 N–H and O–H groups in total. The van der Waals surface area contributed by atoms with E-state index in [1.807, 2.05) is 23.5 Å². The summed E-state index contributed by atoms with van der Waals surface area (Å²) in [6.45, 7) is 12.6. The maximum atomic E-state index is 11.3. The second-order valence-corrected chi connectivity index (χ2v) is 16.2. The summed E-state index contributed by atoms with van der Waals surface area (Å²) in [6.07, 6.45) is 16.2. The zero-order valence-corrected chi connectivity index (χ0v) is 23.0. The molecule has 0 amide bonds. The van der Waals surface area contributed by atoms with Gasteiger partial charge in [0.2, 0.25) is 0 Å². The maximum Gasteiger partial charge on any atom is 0.105 e. The summed E-state index contributed by atoms with van der Waals surface area (Å²) in [5, 5.41) is 11.3. The third kappa shape index (κ3) is 3.78. The van der Waals surface area contributed by atoms with Crippen LogP contribution in [0.5, 0.6) is 0 Å². The van der Waals surface area contributed by atoms with Gasteiger partial charge in [0, 0.05) is 11.5 Å². The van der Waals surface area contributed by atoms with Crippen LogP contribution in [0.4, 0.5) is 0 Å². The summed E-state index contributed by atoms with van der Waals surface area (Å²) in [5.74, 6) is 7.71. The minimum absolute atomic E-state index is 0.0191. The van der Waals surface area contributed by atoms with Crippen molar-refractivity contribution in [3.8, 4) is 0 Å². The minimum Gasteiger partial charge on any atom is -0.390 e. The average Bonchev–Trinajstić information content (AvgIpc) is 3.34. The molecular weight excluding hydrogens is 428 g/mol. The largest absolute Gasteiger partial charge is 0.390 e. The molecule has 5 aliphatic rings. The van der Waals surface area contributed by atoms with Crippen LogP contribution in [-0.2, 0) is 0 Å². The van der Waals surface area contributed by atoms with Crippen LogP contribution in [0.2, 0.25) is 0 Å². The Balaban J connectivity index is 1.34. The van der Waals surface area contributed by atoms with Crippen LogP contribution in [-0.4, -0.2) is 26.8 Å². The number of allylic oxidation sites excluding steroid dienone is 1. The lowest BCUT2D eigenvalue weighted by atomic mass is 9.46. The Morgan fingerprint density at radius 3 is 2.47 bits per heavy atom. The summed E-state index contributed by atoms with van der Waals surface area (Å²) in [6, 6.07) is 0. The zero-order valence-electron chi connectivity index (χ0n) is 21.4. The molecule has 0 aromatic rings. The number of fused-ring (bicyclic) bond motifs is 5. The number of aliphatic hydroxyl groups excluding tert-OH is 1. The lowest BCUT2D eigenvalue weighted by Crippen LogP contribution is -2.54. The molecule has 3 saturated carbocycles. The molecule has 1 nitrogen and oxygen atoms in total. The highest BCUT2D eigenvalue weighted by Crippen LogP contribution is 2.69. The van der Waals surface area contributed by atoms with Gasteiger partial charge in [0.25, 0.3) is 0 Å². The Labute approximate surface area is 206 Å². The molecule has 32 heavy (non-hydrogen) atoms. The highest BCUT2D eigenvalue weighted by Gasteiger charge is 2.61. The van der Waals surface area contributed by atoms with Gasteiger partial charge in [-0.1, -0.05) is 65.5 Å². The van der Waals surface area contributed by atoms with Gasteiger partial charge >= 0.3 is 0 Å². The van der Waals surface area contributed by atoms with Crippen molar-refractivity contribution >= 4 is 23.5 Å². The van der Waals surface area contributed by atoms with Gasteiger partial charge < -0.3 is 5.11 Å². The van der Waals surface area contributed by atoms with Crippen molar-refractivity contribution < 1.29 is 5.11 Å². The van der Waals surface area contributed by atoms with Crippen LogP contribution >= 0.6 is 23.5 Å². The molecule has 4 fully saturated rings. The molecule has 1 saturated heterocycles. The molecule has 182 valence electrons. The van der Waals surface area contributed by atoms with Crippen molar-refractivity contribution in [2.75, 3.05) is 11.5 Å². The quantitative estimate of drug-likeness (QED) is 0.404. The first-order valence-corrected chi connectivity index (χ1v) is 15.8. The second kappa shape index (κ2) is 8.81. The molecule has 0 radical (unpaired) electrons. The summed E-state index contributed by atoms with van der Waals surface area (Å²) < 4.78 is -0.0191. The van der Waals surface area contributed by atoms with E-state index in [4.69, 9.17) is 0 Å². The van der Waals surface area contributed by atoms with Gasteiger partial charge in [-0.15, -0.1) is 23.5 Å². The van der Waals surface area contributed by atoms with Gasteiger partial charge in [-0.25, -0.2) is 0 Å². The van der Waals surface area contributed by atoms with Crippen LogP contribution in [0, 0.1) is 46.3 Å². The zero-order chi connectivity index (χ0) is 22.7. The molecule has 3 heteroatoms. The van der Waals surface area contributed by atoms with E-state index in [2.05, 4.69) is 40.7 Å². The van der Waals surface area contributed by atoms with Gasteiger partial charge in [0.1, 0.15) is 4.08 Å². The molecule has 0 aromatic carbocycles. The smallest absolute Gasteiger partial charge is 0.105 e. The predicted octanol–water partition coefficient (Wildman–Crippen LogP) is 8.17. The Kier molecular flexibility index (Phi) is 6.64. The van der Waals surface area contributed by atoms with Crippen molar-refractivity contribution in [3.63, 3.8) is 0 Å². The first-order chi connectivity index (χ1) is 15.2. The van der Waals surface area contributed by atoms with E-state index in [-0.39, 0.29) is 15.6 Å². The lowest BCUT2D eigenvalue weighted by molar-refractivity contribution is -0.0701. The summed E-state index contributed by atoms with van der Waals surface area (Å²) in [4.78, 5) is 0. The Morgan fingerprint density at radius 2 is 1.75 bits per heavy atom. The molecule has 5 rings (SSSR count). The highest BCUT2D eigenvalue weighted by atomic mass is 32.2. The molecule has 1 aliphatic heterocycles. The molecule has 8 atom stereocenters. The monoisotopic (exact) mass is 476 g/mol. The third-order valence-electron chi connectivity index (χ3n) is 11.1. The van der Waals surface area contributed by atoms with Gasteiger partial charge in [-0.3, -0.25) is 0 Å². The molecular formula is C29H48OS2. The van der Waals surface area contributed by atoms with Crippen molar-refractivity contribution in [1.82, 2.24) is 0 Å². The first-order valence-electron chi connectivity index (χ1n) is 13.9. The van der Waals surface area contributed by atoms with Gasteiger partial charge in [-0.2, -0.15) is 0 Å². The van der Waals surface area contributed by atoms with Crippen molar-refractivity contribution in [1.29, 1.82) is 0 Å². The fourth-order valence-corrected chi connectivity index (χ4v) is 12.6. The average molecular weight is 477 g/mol. The summed E-state index contributed by atoms with van der Waals surface area (Å²) in [5.41, 5.74) is 2.55. The van der Waals surface area contributed by atoms with E-state index in [0.29, 0.717) is 5.41 Å². The Morgan fingerprint density at radius 1 is 1.00 bits per heavy atom. The third-order valence-corrected chi connectivity index (χ3v) is 14.6. The number of hydrogen-bond donors (Lipinski definition) is 1. The van der Waals surface area contributed by atoms with Gasteiger partial charge in [0.15, 0.2) is 0 Å². The van der Waals surface area contributed by atoms with Crippen molar-refractivity contribution in [3.05, 3.63) is 11.6 Å². The predicted molar refractivity (Wildman–Crippen MR) is 142 cm³/mol. The van der Waals surface area contributed by atoms with Gasteiger partial charge in [-0.05, 0) is 91.3 Å². The summed E-state index contributed by atoms with van der Waals surface area (Å²) >= 11 is 4.04. The topological polar surface area (TPSA) is 20.2 Å². The van der Waals surface area contributed by atoms with E-state index in [1.54, 1.807) is 5.57 Å². The van der Waals surface area contributed by atoms with Crippen LogP contribution < -0.4 is 0 Å². The van der Waals surface area contributed by atoms with E-state index in [0.717, 1.165) is 41.9 Å². The minimum atomic E-state index is -0.168. The molecule has 0 bridgehead atoms. The van der Waals surface area contributed by atoms with E-state index < -0.39 is 0 Å². The van der Waals surface area contributed by atoms with Crippen molar-refractivity contribution in [2.24, 2.45) is 46.3 Å². The fraction of sp³-hybridized carbons (Fsp3) is 0.931. The van der Waals surface area contributed by atoms with Crippen LogP contribution in [0.15, 0.2) is 11.6 Å². The van der Waals surface area contributed by atoms with Crippen LogP contribution in [0.25, 0.3) is 0 Å². The SMILES string of the molecule is CC(C)CCC[C@@H](C)[C@H]1CC[C@H]2[C@@H]3CCC4=CC5(SCCS5)[C@H](O)C[C@]4(C)[C@H]3CC[C@]12C. The molecule has 0 aromatic heterocycles. The number of aliphatic hydroxyl groups is 1.